The highest BCUT2D eigenvalue weighted by Gasteiger charge is 2.23. The quantitative estimate of drug-likeness (QED) is 0.728. The molecule has 0 spiro atoms. The van der Waals surface area contributed by atoms with Crippen molar-refractivity contribution in [3.63, 3.8) is 0 Å². The predicted molar refractivity (Wildman–Crippen MR) is 111 cm³/mol. The van der Waals surface area contributed by atoms with Crippen LogP contribution in [-0.4, -0.2) is 42.6 Å². The average Bonchev–Trinajstić information content (AvgIpc) is 3.31. The van der Waals surface area contributed by atoms with Gasteiger partial charge in [0.2, 0.25) is 0 Å². The van der Waals surface area contributed by atoms with Crippen molar-refractivity contribution in [3.8, 4) is 11.5 Å². The van der Waals surface area contributed by atoms with Crippen molar-refractivity contribution in [1.29, 1.82) is 0 Å². The number of fused-ring (bicyclic) bond motifs is 1. The van der Waals surface area contributed by atoms with E-state index >= 15 is 0 Å². The summed E-state index contributed by atoms with van der Waals surface area (Å²) in [6.07, 6.45) is 3.97. The van der Waals surface area contributed by atoms with Crippen LogP contribution in [0, 0.1) is 0 Å². The van der Waals surface area contributed by atoms with Crippen LogP contribution in [-0.2, 0) is 19.6 Å². The molecule has 0 radical (unpaired) electrons. The van der Waals surface area contributed by atoms with E-state index in [9.17, 15) is 0 Å². The number of ether oxygens (including phenoxy) is 2. The molecule has 5 heteroatoms. The molecule has 2 aliphatic heterocycles. The predicted octanol–water partition coefficient (Wildman–Crippen LogP) is 4.53. The maximum absolute atomic E-state index is 6.27. The Kier molecular flexibility index (Phi) is 6.01. The minimum atomic E-state index is 0.240. The smallest absolute Gasteiger partial charge is 0.124 e. The van der Waals surface area contributed by atoms with Gasteiger partial charge in [-0.1, -0.05) is 6.92 Å². The van der Waals surface area contributed by atoms with E-state index < -0.39 is 0 Å². The molecule has 0 bridgehead atoms. The lowest BCUT2D eigenvalue weighted by Gasteiger charge is -2.22. The number of hydrogen-bond acceptors (Lipinski definition) is 5. The number of nitrogens with zero attached hydrogens (tertiary/aromatic N) is 2. The molecule has 3 heterocycles. The first kappa shape index (κ1) is 18.8. The molecule has 0 aliphatic carbocycles. The van der Waals surface area contributed by atoms with Gasteiger partial charge in [0.1, 0.15) is 17.6 Å². The summed E-state index contributed by atoms with van der Waals surface area (Å²) in [5.41, 5.74) is 1.22. The summed E-state index contributed by atoms with van der Waals surface area (Å²) in [5.74, 6) is 1.90. The lowest BCUT2D eigenvalue weighted by molar-refractivity contribution is 0.140. The van der Waals surface area contributed by atoms with Crippen molar-refractivity contribution >= 4 is 11.3 Å². The van der Waals surface area contributed by atoms with Gasteiger partial charge in [0, 0.05) is 41.5 Å². The molecular formula is C22H30N2O2S. The minimum Gasteiger partial charge on any atom is -0.497 e. The van der Waals surface area contributed by atoms with E-state index in [0.717, 1.165) is 44.1 Å². The zero-order valence-electron chi connectivity index (χ0n) is 16.4. The van der Waals surface area contributed by atoms with Crippen LogP contribution < -0.4 is 9.47 Å². The van der Waals surface area contributed by atoms with Crippen molar-refractivity contribution in [2.45, 2.75) is 51.9 Å². The maximum atomic E-state index is 6.27. The van der Waals surface area contributed by atoms with Crippen molar-refractivity contribution < 1.29 is 9.47 Å². The molecule has 4 rings (SSSR count). The minimum absolute atomic E-state index is 0.240. The SMILES string of the molecule is CCC1CN(Cc2ccc(CN3CCCC3)s2)Cc2cc(OC)ccc2O1. The highest BCUT2D eigenvalue weighted by Crippen LogP contribution is 2.31. The first-order valence-electron chi connectivity index (χ1n) is 10.1. The molecular weight excluding hydrogens is 356 g/mol. The van der Waals surface area contributed by atoms with Gasteiger partial charge in [0.05, 0.1) is 7.11 Å². The zero-order valence-corrected chi connectivity index (χ0v) is 17.3. The van der Waals surface area contributed by atoms with Crippen molar-refractivity contribution in [2.24, 2.45) is 0 Å². The molecule has 0 saturated carbocycles. The molecule has 1 fully saturated rings. The Morgan fingerprint density at radius 2 is 1.81 bits per heavy atom. The van der Waals surface area contributed by atoms with Crippen LogP contribution >= 0.6 is 11.3 Å². The van der Waals surface area contributed by atoms with Crippen LogP contribution in [0.25, 0.3) is 0 Å². The topological polar surface area (TPSA) is 24.9 Å². The van der Waals surface area contributed by atoms with E-state index in [0.29, 0.717) is 0 Å². The van der Waals surface area contributed by atoms with Gasteiger partial charge in [-0.3, -0.25) is 9.80 Å². The molecule has 4 nitrogen and oxygen atoms in total. The van der Waals surface area contributed by atoms with Gasteiger partial charge in [-0.2, -0.15) is 0 Å². The molecule has 1 unspecified atom stereocenters. The number of hydrogen-bond donors (Lipinski definition) is 0. The van der Waals surface area contributed by atoms with E-state index in [2.05, 4.69) is 41.0 Å². The molecule has 0 amide bonds. The monoisotopic (exact) mass is 386 g/mol. The fourth-order valence-electron chi connectivity index (χ4n) is 4.04. The molecule has 1 saturated heterocycles. The van der Waals surface area contributed by atoms with Crippen LogP contribution in [0.3, 0.4) is 0 Å². The molecule has 2 aromatic rings. The third kappa shape index (κ3) is 4.65. The van der Waals surface area contributed by atoms with Gasteiger partial charge in [-0.05, 0) is 62.7 Å². The summed E-state index contributed by atoms with van der Waals surface area (Å²) < 4.78 is 11.7. The van der Waals surface area contributed by atoms with Crippen LogP contribution in [0.5, 0.6) is 11.5 Å². The van der Waals surface area contributed by atoms with Gasteiger partial charge < -0.3 is 9.47 Å². The summed E-state index contributed by atoms with van der Waals surface area (Å²) in [5, 5.41) is 0. The van der Waals surface area contributed by atoms with Crippen LogP contribution in [0.4, 0.5) is 0 Å². The second kappa shape index (κ2) is 8.63. The molecule has 1 aromatic heterocycles. The Balaban J connectivity index is 1.46. The summed E-state index contributed by atoms with van der Waals surface area (Å²) >= 11 is 1.97. The van der Waals surface area contributed by atoms with Gasteiger partial charge in [0.25, 0.3) is 0 Å². The van der Waals surface area contributed by atoms with Crippen LogP contribution in [0.1, 0.15) is 41.5 Å². The van der Waals surface area contributed by atoms with Gasteiger partial charge in [0.15, 0.2) is 0 Å². The summed E-state index contributed by atoms with van der Waals surface area (Å²) in [4.78, 5) is 8.04. The van der Waals surface area contributed by atoms with Crippen molar-refractivity contribution in [1.82, 2.24) is 9.80 Å². The van der Waals surface area contributed by atoms with Crippen molar-refractivity contribution in [2.75, 3.05) is 26.7 Å². The first-order valence-corrected chi connectivity index (χ1v) is 10.9. The Bertz CT molecular complexity index is 755. The zero-order chi connectivity index (χ0) is 18.6. The second-order valence-corrected chi connectivity index (χ2v) is 8.90. The Hall–Kier alpha value is -1.56. The Morgan fingerprint density at radius 3 is 2.52 bits per heavy atom. The Labute approximate surface area is 166 Å². The van der Waals surface area contributed by atoms with E-state index in [1.807, 2.05) is 17.4 Å². The number of rotatable bonds is 6. The summed E-state index contributed by atoms with van der Waals surface area (Å²) in [7, 11) is 1.72. The Morgan fingerprint density at radius 1 is 1.07 bits per heavy atom. The fourth-order valence-corrected chi connectivity index (χ4v) is 5.14. The lowest BCUT2D eigenvalue weighted by Crippen LogP contribution is -2.31. The average molecular weight is 387 g/mol. The van der Waals surface area contributed by atoms with E-state index in [-0.39, 0.29) is 6.10 Å². The highest BCUT2D eigenvalue weighted by molar-refractivity contribution is 7.11. The number of thiophene rings is 1. The number of methoxy groups -OCH3 is 1. The molecule has 146 valence electrons. The largest absolute Gasteiger partial charge is 0.497 e. The molecule has 2 aliphatic rings. The van der Waals surface area contributed by atoms with Crippen LogP contribution in [0.2, 0.25) is 0 Å². The third-order valence-electron chi connectivity index (χ3n) is 5.55. The summed E-state index contributed by atoms with van der Waals surface area (Å²) in [6, 6.07) is 10.8. The maximum Gasteiger partial charge on any atom is 0.124 e. The van der Waals surface area contributed by atoms with Crippen molar-refractivity contribution in [3.05, 3.63) is 45.6 Å². The summed E-state index contributed by atoms with van der Waals surface area (Å²) in [6.45, 7) is 8.69. The standard InChI is InChI=1S/C22H30N2O2S/c1-3-18-14-24(13-17-12-19(25-2)6-9-22(17)26-18)16-21-8-7-20(27-21)15-23-10-4-5-11-23/h6-9,12,18H,3-5,10-11,13-16H2,1-2H3. The van der Waals surface area contributed by atoms with E-state index in [1.54, 1.807) is 7.11 Å². The molecule has 0 N–H and O–H groups in total. The van der Waals surface area contributed by atoms with Gasteiger partial charge in [-0.15, -0.1) is 11.3 Å². The molecule has 27 heavy (non-hydrogen) atoms. The third-order valence-corrected chi connectivity index (χ3v) is 6.60. The van der Waals surface area contributed by atoms with E-state index in [4.69, 9.17) is 9.47 Å². The fraction of sp³-hybridized carbons (Fsp3) is 0.545. The second-order valence-electron chi connectivity index (χ2n) is 7.64. The van der Waals surface area contributed by atoms with Gasteiger partial charge in [-0.25, -0.2) is 0 Å². The first-order chi connectivity index (χ1) is 13.2. The highest BCUT2D eigenvalue weighted by atomic mass is 32.1. The molecule has 1 atom stereocenters. The number of benzene rings is 1. The lowest BCUT2D eigenvalue weighted by atomic mass is 10.1. The molecule has 1 aromatic carbocycles. The normalized spacial score (nSPS) is 20.9. The van der Waals surface area contributed by atoms with Gasteiger partial charge >= 0.3 is 0 Å². The number of likely N-dealkylation sites (tertiary alicyclic amines) is 1. The van der Waals surface area contributed by atoms with E-state index in [1.165, 1.54) is 41.2 Å². The van der Waals surface area contributed by atoms with Crippen LogP contribution in [0.15, 0.2) is 30.3 Å².